The van der Waals surface area contributed by atoms with Crippen molar-refractivity contribution in [1.82, 2.24) is 0 Å². The Bertz CT molecular complexity index is 647. The lowest BCUT2D eigenvalue weighted by Gasteiger charge is -2.14. The first-order valence-corrected chi connectivity index (χ1v) is 7.40. The average molecular weight is 284 g/mol. The van der Waals surface area contributed by atoms with E-state index in [1.165, 1.54) is 0 Å². The SMILES string of the molecule is CSc1cccc(Oc2cccc(N(C)C)c2)c1C#N. The molecule has 0 amide bonds. The van der Waals surface area contributed by atoms with Crippen molar-refractivity contribution in [3.63, 3.8) is 0 Å². The molecule has 0 radical (unpaired) electrons. The highest BCUT2D eigenvalue weighted by Crippen LogP contribution is 2.32. The predicted molar refractivity (Wildman–Crippen MR) is 83.8 cm³/mol. The summed E-state index contributed by atoms with van der Waals surface area (Å²) in [6, 6.07) is 15.7. The van der Waals surface area contributed by atoms with Gasteiger partial charge >= 0.3 is 0 Å². The van der Waals surface area contributed by atoms with Gasteiger partial charge in [0, 0.05) is 30.7 Å². The fourth-order valence-electron chi connectivity index (χ4n) is 1.83. The number of benzene rings is 2. The molecule has 0 aliphatic rings. The molecule has 0 aliphatic heterocycles. The number of nitrogens with zero attached hydrogens (tertiary/aromatic N) is 2. The van der Waals surface area contributed by atoms with E-state index in [4.69, 9.17) is 4.74 Å². The Kier molecular flexibility index (Phi) is 4.54. The number of nitriles is 1. The first kappa shape index (κ1) is 14.3. The third-order valence-electron chi connectivity index (χ3n) is 2.88. The molecule has 4 heteroatoms. The third-order valence-corrected chi connectivity index (χ3v) is 3.66. The van der Waals surface area contributed by atoms with Gasteiger partial charge in [-0.25, -0.2) is 0 Å². The summed E-state index contributed by atoms with van der Waals surface area (Å²) < 4.78 is 5.87. The molecule has 2 aromatic rings. The van der Waals surface area contributed by atoms with Crippen molar-refractivity contribution >= 4 is 17.4 Å². The largest absolute Gasteiger partial charge is 0.456 e. The molecule has 0 aromatic heterocycles. The van der Waals surface area contributed by atoms with Crippen LogP contribution in [0.25, 0.3) is 0 Å². The Morgan fingerprint density at radius 2 is 1.90 bits per heavy atom. The molecular formula is C16H16N2OS. The zero-order valence-electron chi connectivity index (χ0n) is 11.8. The van der Waals surface area contributed by atoms with Crippen LogP contribution in [0.4, 0.5) is 5.69 Å². The van der Waals surface area contributed by atoms with Gasteiger partial charge in [-0.3, -0.25) is 0 Å². The number of hydrogen-bond acceptors (Lipinski definition) is 4. The van der Waals surface area contributed by atoms with Crippen LogP contribution in [-0.4, -0.2) is 20.4 Å². The van der Waals surface area contributed by atoms with Crippen LogP contribution in [0.1, 0.15) is 5.56 Å². The van der Waals surface area contributed by atoms with E-state index in [-0.39, 0.29) is 0 Å². The molecule has 0 aliphatic carbocycles. The lowest BCUT2D eigenvalue weighted by atomic mass is 10.2. The normalized spacial score (nSPS) is 9.90. The smallest absolute Gasteiger partial charge is 0.146 e. The van der Waals surface area contributed by atoms with Crippen molar-refractivity contribution < 1.29 is 4.74 Å². The van der Waals surface area contributed by atoms with Crippen LogP contribution in [0, 0.1) is 11.3 Å². The summed E-state index contributed by atoms with van der Waals surface area (Å²) in [4.78, 5) is 2.94. The molecule has 0 saturated heterocycles. The number of hydrogen-bond donors (Lipinski definition) is 0. The first-order valence-electron chi connectivity index (χ1n) is 6.18. The highest BCUT2D eigenvalue weighted by molar-refractivity contribution is 7.98. The monoisotopic (exact) mass is 284 g/mol. The molecule has 20 heavy (non-hydrogen) atoms. The summed E-state index contributed by atoms with van der Waals surface area (Å²) in [5, 5.41) is 9.30. The van der Waals surface area contributed by atoms with Gasteiger partial charge in [0.25, 0.3) is 0 Å². The van der Waals surface area contributed by atoms with Gasteiger partial charge in [-0.05, 0) is 30.5 Å². The zero-order valence-corrected chi connectivity index (χ0v) is 12.6. The van der Waals surface area contributed by atoms with Crippen LogP contribution in [0.15, 0.2) is 47.4 Å². The van der Waals surface area contributed by atoms with Crippen LogP contribution in [-0.2, 0) is 0 Å². The summed E-state index contributed by atoms with van der Waals surface area (Å²) in [7, 11) is 3.96. The average Bonchev–Trinajstić information content (AvgIpc) is 2.47. The van der Waals surface area contributed by atoms with Crippen LogP contribution in [0.3, 0.4) is 0 Å². The summed E-state index contributed by atoms with van der Waals surface area (Å²) >= 11 is 1.54. The summed E-state index contributed by atoms with van der Waals surface area (Å²) in [6.07, 6.45) is 1.95. The lowest BCUT2D eigenvalue weighted by Crippen LogP contribution is -2.08. The van der Waals surface area contributed by atoms with Crippen molar-refractivity contribution in [3.05, 3.63) is 48.0 Å². The Labute approximate surface area is 123 Å². The van der Waals surface area contributed by atoms with Crippen LogP contribution >= 0.6 is 11.8 Å². The van der Waals surface area contributed by atoms with Gasteiger partial charge in [-0.15, -0.1) is 11.8 Å². The standard InChI is InChI=1S/C16H16N2OS/c1-18(2)12-6-4-7-13(10-12)19-15-8-5-9-16(20-3)14(15)11-17/h4-10H,1-3H3. The van der Waals surface area contributed by atoms with Crippen molar-refractivity contribution in [1.29, 1.82) is 5.26 Å². The van der Waals surface area contributed by atoms with Crippen LogP contribution in [0.2, 0.25) is 0 Å². The predicted octanol–water partition coefficient (Wildman–Crippen LogP) is 4.14. The number of rotatable bonds is 4. The maximum Gasteiger partial charge on any atom is 0.146 e. The zero-order chi connectivity index (χ0) is 14.5. The van der Waals surface area contributed by atoms with E-state index in [1.807, 2.05) is 67.7 Å². The Morgan fingerprint density at radius 1 is 1.15 bits per heavy atom. The second-order valence-corrected chi connectivity index (χ2v) is 5.29. The molecule has 0 heterocycles. The van der Waals surface area contributed by atoms with E-state index in [0.717, 1.165) is 16.3 Å². The molecule has 0 spiro atoms. The van der Waals surface area contributed by atoms with Gasteiger partial charge < -0.3 is 9.64 Å². The molecule has 3 nitrogen and oxygen atoms in total. The van der Waals surface area contributed by atoms with Crippen LogP contribution in [0.5, 0.6) is 11.5 Å². The summed E-state index contributed by atoms with van der Waals surface area (Å²) in [5.74, 6) is 1.32. The molecule has 0 atom stereocenters. The molecular weight excluding hydrogens is 268 g/mol. The first-order chi connectivity index (χ1) is 9.65. The van der Waals surface area contributed by atoms with Crippen molar-refractivity contribution in [3.8, 4) is 17.6 Å². The quantitative estimate of drug-likeness (QED) is 0.791. The molecule has 0 saturated carbocycles. The van der Waals surface area contributed by atoms with Gasteiger partial charge in [0.1, 0.15) is 23.1 Å². The molecule has 102 valence electrons. The maximum absolute atomic E-state index is 9.30. The molecule has 0 fully saturated rings. The minimum absolute atomic E-state index is 0.579. The Hall–Kier alpha value is -2.12. The molecule has 0 bridgehead atoms. The molecule has 2 rings (SSSR count). The van der Waals surface area contributed by atoms with Crippen molar-refractivity contribution in [2.75, 3.05) is 25.3 Å². The highest BCUT2D eigenvalue weighted by Gasteiger charge is 2.09. The van der Waals surface area contributed by atoms with Crippen LogP contribution < -0.4 is 9.64 Å². The number of anilines is 1. The molecule has 0 unspecified atom stereocenters. The van der Waals surface area contributed by atoms with Gasteiger partial charge in [-0.1, -0.05) is 12.1 Å². The van der Waals surface area contributed by atoms with Gasteiger partial charge in [0.2, 0.25) is 0 Å². The van der Waals surface area contributed by atoms with Crippen molar-refractivity contribution in [2.45, 2.75) is 4.90 Å². The maximum atomic E-state index is 9.30. The minimum atomic E-state index is 0.579. The van der Waals surface area contributed by atoms with E-state index in [1.54, 1.807) is 11.8 Å². The molecule has 0 N–H and O–H groups in total. The third kappa shape index (κ3) is 3.06. The van der Waals surface area contributed by atoms with Gasteiger partial charge in [0.05, 0.1) is 0 Å². The fourth-order valence-corrected chi connectivity index (χ4v) is 2.39. The van der Waals surface area contributed by atoms with Crippen molar-refractivity contribution in [2.24, 2.45) is 0 Å². The Morgan fingerprint density at radius 3 is 2.55 bits per heavy atom. The van der Waals surface area contributed by atoms with E-state index in [9.17, 15) is 5.26 Å². The lowest BCUT2D eigenvalue weighted by molar-refractivity contribution is 0.479. The number of ether oxygens (including phenoxy) is 1. The van der Waals surface area contributed by atoms with E-state index in [2.05, 4.69) is 6.07 Å². The van der Waals surface area contributed by atoms with E-state index < -0.39 is 0 Å². The van der Waals surface area contributed by atoms with E-state index in [0.29, 0.717) is 11.3 Å². The number of thioether (sulfide) groups is 1. The molecule has 2 aromatic carbocycles. The van der Waals surface area contributed by atoms with E-state index >= 15 is 0 Å². The topological polar surface area (TPSA) is 36.3 Å². The summed E-state index contributed by atoms with van der Waals surface area (Å²) in [6.45, 7) is 0. The minimum Gasteiger partial charge on any atom is -0.456 e. The Balaban J connectivity index is 2.35. The second-order valence-electron chi connectivity index (χ2n) is 4.44. The fraction of sp³-hybridized carbons (Fsp3) is 0.188. The van der Waals surface area contributed by atoms with Gasteiger partial charge in [0.15, 0.2) is 0 Å². The highest BCUT2D eigenvalue weighted by atomic mass is 32.2. The summed E-state index contributed by atoms with van der Waals surface area (Å²) in [5.41, 5.74) is 1.64. The van der Waals surface area contributed by atoms with Gasteiger partial charge in [-0.2, -0.15) is 5.26 Å². The second kappa shape index (κ2) is 6.36.